The van der Waals surface area contributed by atoms with Crippen LogP contribution < -0.4 is 10.2 Å². The molecular weight excluding hydrogens is 420 g/mol. The SMILES string of the molecule is CCOC(=O)ON1CCN(c2nccc3nc(NCc4ccccc4Cl)ncc23)CC1. The van der Waals surface area contributed by atoms with E-state index in [-0.39, 0.29) is 6.61 Å². The molecule has 2 aromatic heterocycles. The van der Waals surface area contributed by atoms with Crippen molar-refractivity contribution in [1.29, 1.82) is 0 Å². The second kappa shape index (κ2) is 9.76. The molecule has 0 saturated carbocycles. The average Bonchev–Trinajstić information content (AvgIpc) is 2.79. The fourth-order valence-corrected chi connectivity index (χ4v) is 3.54. The standard InChI is InChI=1S/C21H23ClN6O3/c1-2-30-21(29)31-28-11-9-27(10-12-28)19-16-14-25-20(26-18(16)7-8-23-19)24-13-15-5-3-4-6-17(15)22/h3-8,14H,2,9-13H2,1H3,(H,24,25,26). The fraction of sp³-hybridized carbons (Fsp3) is 0.333. The Morgan fingerprint density at radius 3 is 2.74 bits per heavy atom. The van der Waals surface area contributed by atoms with Gasteiger partial charge in [-0.3, -0.25) is 0 Å². The highest BCUT2D eigenvalue weighted by atomic mass is 35.5. The van der Waals surface area contributed by atoms with E-state index in [1.165, 1.54) is 0 Å². The lowest BCUT2D eigenvalue weighted by molar-refractivity contribution is -0.129. The predicted octanol–water partition coefficient (Wildman–Crippen LogP) is 3.50. The molecule has 0 bridgehead atoms. The molecule has 1 N–H and O–H groups in total. The van der Waals surface area contributed by atoms with E-state index in [0.717, 1.165) is 22.3 Å². The Bertz CT molecular complexity index is 1060. The topological polar surface area (TPSA) is 92.7 Å². The summed E-state index contributed by atoms with van der Waals surface area (Å²) in [6.45, 7) is 4.96. The van der Waals surface area contributed by atoms with Crippen LogP contribution in [-0.2, 0) is 16.1 Å². The molecule has 9 nitrogen and oxygen atoms in total. The zero-order valence-electron chi connectivity index (χ0n) is 17.1. The first-order valence-electron chi connectivity index (χ1n) is 10.1. The zero-order chi connectivity index (χ0) is 21.6. The van der Waals surface area contributed by atoms with Crippen molar-refractivity contribution in [3.8, 4) is 0 Å². The third-order valence-corrected chi connectivity index (χ3v) is 5.26. The molecule has 1 aliphatic heterocycles. The van der Waals surface area contributed by atoms with Gasteiger partial charge in [0.2, 0.25) is 5.95 Å². The van der Waals surface area contributed by atoms with Crippen molar-refractivity contribution in [2.24, 2.45) is 0 Å². The molecule has 0 spiro atoms. The van der Waals surface area contributed by atoms with Gasteiger partial charge in [0.05, 0.1) is 30.6 Å². The lowest BCUT2D eigenvalue weighted by Crippen LogP contribution is -2.47. The fourth-order valence-electron chi connectivity index (χ4n) is 3.34. The largest absolute Gasteiger partial charge is 0.527 e. The lowest BCUT2D eigenvalue weighted by atomic mass is 10.2. The first-order chi connectivity index (χ1) is 15.1. The van der Waals surface area contributed by atoms with Crippen LogP contribution in [0.25, 0.3) is 10.9 Å². The van der Waals surface area contributed by atoms with Crippen LogP contribution in [0.15, 0.2) is 42.7 Å². The first kappa shape index (κ1) is 21.1. The molecule has 0 atom stereocenters. The van der Waals surface area contributed by atoms with Gasteiger partial charge >= 0.3 is 6.16 Å². The molecule has 10 heteroatoms. The summed E-state index contributed by atoms with van der Waals surface area (Å²) in [6.07, 6.45) is 2.84. The Morgan fingerprint density at radius 1 is 1.16 bits per heavy atom. The van der Waals surface area contributed by atoms with Gasteiger partial charge in [-0.15, -0.1) is 5.06 Å². The Morgan fingerprint density at radius 2 is 1.97 bits per heavy atom. The smallest absolute Gasteiger partial charge is 0.433 e. The van der Waals surface area contributed by atoms with E-state index in [2.05, 4.69) is 25.2 Å². The number of benzene rings is 1. The van der Waals surface area contributed by atoms with Crippen LogP contribution in [0.3, 0.4) is 0 Å². The number of halogens is 1. The molecule has 1 aliphatic rings. The Kier molecular flexibility index (Phi) is 6.63. The summed E-state index contributed by atoms with van der Waals surface area (Å²) in [5.74, 6) is 1.34. The van der Waals surface area contributed by atoms with Crippen molar-refractivity contribution >= 4 is 40.4 Å². The molecule has 0 radical (unpaired) electrons. The lowest BCUT2D eigenvalue weighted by Gasteiger charge is -2.34. The molecule has 3 aromatic rings. The maximum absolute atomic E-state index is 11.5. The molecule has 162 valence electrons. The maximum Gasteiger partial charge on any atom is 0.527 e. The number of anilines is 2. The van der Waals surface area contributed by atoms with E-state index < -0.39 is 6.16 Å². The second-order valence-corrected chi connectivity index (χ2v) is 7.30. The van der Waals surface area contributed by atoms with Crippen LogP contribution >= 0.6 is 11.6 Å². The minimum Gasteiger partial charge on any atom is -0.433 e. The number of aromatic nitrogens is 3. The molecule has 0 aliphatic carbocycles. The highest BCUT2D eigenvalue weighted by Gasteiger charge is 2.23. The summed E-state index contributed by atoms with van der Waals surface area (Å²) in [5.41, 5.74) is 1.78. The number of fused-ring (bicyclic) bond motifs is 1. The van der Waals surface area contributed by atoms with Crippen molar-refractivity contribution in [3.63, 3.8) is 0 Å². The van der Waals surface area contributed by atoms with Crippen LogP contribution in [0, 0.1) is 0 Å². The minimum atomic E-state index is -0.676. The number of hydrogen-bond acceptors (Lipinski definition) is 9. The molecule has 1 saturated heterocycles. The number of pyridine rings is 1. The Hall–Kier alpha value is -3.17. The summed E-state index contributed by atoms with van der Waals surface area (Å²) < 4.78 is 4.82. The van der Waals surface area contributed by atoms with Gasteiger partial charge in [-0.2, -0.15) is 0 Å². The van der Waals surface area contributed by atoms with Gasteiger partial charge in [-0.05, 0) is 24.6 Å². The molecule has 0 amide bonds. The number of nitrogens with one attached hydrogen (secondary N) is 1. The maximum atomic E-state index is 11.5. The number of hydroxylamine groups is 2. The van der Waals surface area contributed by atoms with E-state index in [1.54, 1.807) is 24.4 Å². The van der Waals surface area contributed by atoms with Crippen LogP contribution in [0.5, 0.6) is 0 Å². The number of hydrogen-bond donors (Lipinski definition) is 1. The monoisotopic (exact) mass is 442 g/mol. The van der Waals surface area contributed by atoms with E-state index in [4.69, 9.17) is 21.2 Å². The Labute approximate surface area is 184 Å². The average molecular weight is 443 g/mol. The summed E-state index contributed by atoms with van der Waals surface area (Å²) in [5, 5.41) is 6.39. The molecular formula is C21H23ClN6O3. The number of nitrogens with zero attached hydrogens (tertiary/aromatic N) is 5. The summed E-state index contributed by atoms with van der Waals surface area (Å²) in [6, 6.07) is 9.52. The Balaban J connectivity index is 1.43. The molecule has 0 unspecified atom stereocenters. The van der Waals surface area contributed by atoms with Crippen LogP contribution in [-0.4, -0.2) is 59.0 Å². The summed E-state index contributed by atoms with van der Waals surface area (Å²) in [7, 11) is 0. The van der Waals surface area contributed by atoms with Gasteiger partial charge in [-0.1, -0.05) is 29.8 Å². The van der Waals surface area contributed by atoms with E-state index in [0.29, 0.717) is 43.7 Å². The van der Waals surface area contributed by atoms with Crippen molar-refractivity contribution in [2.45, 2.75) is 13.5 Å². The van der Waals surface area contributed by atoms with Crippen molar-refractivity contribution < 1.29 is 14.4 Å². The highest BCUT2D eigenvalue weighted by molar-refractivity contribution is 6.31. The number of piperazine rings is 1. The van der Waals surface area contributed by atoms with Gasteiger partial charge in [-0.25, -0.2) is 19.7 Å². The third-order valence-electron chi connectivity index (χ3n) is 4.89. The summed E-state index contributed by atoms with van der Waals surface area (Å²) >= 11 is 6.21. The van der Waals surface area contributed by atoms with E-state index >= 15 is 0 Å². The van der Waals surface area contributed by atoms with Gasteiger partial charge < -0.3 is 19.8 Å². The van der Waals surface area contributed by atoms with E-state index in [9.17, 15) is 4.79 Å². The molecule has 31 heavy (non-hydrogen) atoms. The van der Waals surface area contributed by atoms with Crippen molar-refractivity contribution in [3.05, 3.63) is 53.3 Å². The number of carbonyl (C=O) groups is 1. The van der Waals surface area contributed by atoms with E-state index in [1.807, 2.05) is 30.3 Å². The quantitative estimate of drug-likeness (QED) is 0.575. The van der Waals surface area contributed by atoms with Gasteiger partial charge in [0.15, 0.2) is 0 Å². The normalized spacial score (nSPS) is 14.5. The minimum absolute atomic E-state index is 0.286. The number of carbonyl (C=O) groups excluding carboxylic acids is 1. The van der Waals surface area contributed by atoms with Crippen LogP contribution in [0.1, 0.15) is 12.5 Å². The van der Waals surface area contributed by atoms with Crippen LogP contribution in [0.2, 0.25) is 5.02 Å². The number of rotatable bonds is 6. The molecule has 3 heterocycles. The van der Waals surface area contributed by atoms with Gasteiger partial charge in [0, 0.05) is 37.1 Å². The highest BCUT2D eigenvalue weighted by Crippen LogP contribution is 2.25. The van der Waals surface area contributed by atoms with Crippen molar-refractivity contribution in [2.75, 3.05) is 43.0 Å². The molecule has 1 fully saturated rings. The molecule has 1 aromatic carbocycles. The molecule has 4 rings (SSSR count). The second-order valence-electron chi connectivity index (χ2n) is 6.90. The van der Waals surface area contributed by atoms with Gasteiger partial charge in [0.25, 0.3) is 0 Å². The van der Waals surface area contributed by atoms with Gasteiger partial charge in [0.1, 0.15) is 5.82 Å². The third kappa shape index (κ3) is 5.12. The predicted molar refractivity (Wildman–Crippen MR) is 118 cm³/mol. The van der Waals surface area contributed by atoms with Crippen molar-refractivity contribution in [1.82, 2.24) is 20.0 Å². The van der Waals surface area contributed by atoms with Crippen LogP contribution in [0.4, 0.5) is 16.6 Å². The summed E-state index contributed by atoms with van der Waals surface area (Å²) in [4.78, 5) is 32.4. The number of ether oxygens (including phenoxy) is 1. The zero-order valence-corrected chi connectivity index (χ0v) is 17.9. The first-order valence-corrected chi connectivity index (χ1v) is 10.5.